The van der Waals surface area contributed by atoms with E-state index >= 15 is 0 Å². The van der Waals surface area contributed by atoms with Gasteiger partial charge in [0.2, 0.25) is 0 Å². The maximum atomic E-state index is 13.2. The number of amides is 1. The molecular formula is C25H27FN4O2. The van der Waals surface area contributed by atoms with Gasteiger partial charge < -0.3 is 14.5 Å². The van der Waals surface area contributed by atoms with Crippen LogP contribution in [0.25, 0.3) is 11.3 Å². The van der Waals surface area contributed by atoms with Crippen molar-refractivity contribution in [3.05, 3.63) is 71.8 Å². The molecule has 1 saturated heterocycles. The van der Waals surface area contributed by atoms with Crippen molar-refractivity contribution in [1.29, 1.82) is 0 Å². The number of aryl methyl sites for hydroxylation is 2. The van der Waals surface area contributed by atoms with Gasteiger partial charge in [0, 0.05) is 37.8 Å². The summed E-state index contributed by atoms with van der Waals surface area (Å²) < 4.78 is 19.1. The van der Waals surface area contributed by atoms with Crippen molar-refractivity contribution in [2.24, 2.45) is 0 Å². The molecule has 1 aromatic heterocycles. The quantitative estimate of drug-likeness (QED) is 0.607. The lowest BCUT2D eigenvalue weighted by atomic mass is 10.1. The number of nitrogens with zero attached hydrogens (tertiary/aromatic N) is 4. The van der Waals surface area contributed by atoms with Crippen molar-refractivity contribution in [3.8, 4) is 17.0 Å². The molecule has 3 aromatic rings. The molecule has 0 N–H and O–H groups in total. The second kappa shape index (κ2) is 9.34. The Bertz CT molecular complexity index is 1100. The molecule has 0 bridgehead atoms. The molecule has 1 amide bonds. The first-order valence-electron chi connectivity index (χ1n) is 10.8. The molecule has 166 valence electrons. The Morgan fingerprint density at radius 2 is 1.69 bits per heavy atom. The maximum absolute atomic E-state index is 13.2. The monoisotopic (exact) mass is 434 g/mol. The molecular weight excluding hydrogens is 407 g/mol. The summed E-state index contributed by atoms with van der Waals surface area (Å²) >= 11 is 0. The lowest BCUT2D eigenvalue weighted by Gasteiger charge is -2.36. The minimum Gasteiger partial charge on any atom is -0.481 e. The summed E-state index contributed by atoms with van der Waals surface area (Å²) in [6, 6.07) is 14.0. The number of carbonyl (C=O) groups is 1. The van der Waals surface area contributed by atoms with Gasteiger partial charge in [-0.1, -0.05) is 6.07 Å². The minimum atomic E-state index is -0.548. The van der Waals surface area contributed by atoms with Crippen LogP contribution < -0.4 is 9.64 Å². The largest absolute Gasteiger partial charge is 0.481 e. The van der Waals surface area contributed by atoms with Crippen LogP contribution in [0, 0.1) is 19.7 Å². The molecule has 0 aliphatic carbocycles. The van der Waals surface area contributed by atoms with Crippen molar-refractivity contribution in [2.45, 2.75) is 26.9 Å². The van der Waals surface area contributed by atoms with E-state index in [-0.39, 0.29) is 11.7 Å². The molecule has 1 aliphatic rings. The van der Waals surface area contributed by atoms with Gasteiger partial charge in [0.05, 0.1) is 5.69 Å². The van der Waals surface area contributed by atoms with Crippen LogP contribution in [0.1, 0.15) is 18.1 Å². The third kappa shape index (κ3) is 4.88. The molecule has 1 unspecified atom stereocenters. The minimum absolute atomic E-state index is 0.0161. The molecule has 32 heavy (non-hydrogen) atoms. The molecule has 0 radical (unpaired) electrons. The van der Waals surface area contributed by atoms with E-state index in [0.717, 1.165) is 22.6 Å². The Labute approximate surface area is 187 Å². The van der Waals surface area contributed by atoms with Gasteiger partial charge in [0.25, 0.3) is 5.91 Å². The Kier molecular flexibility index (Phi) is 6.35. The van der Waals surface area contributed by atoms with Crippen LogP contribution in [0.3, 0.4) is 0 Å². The number of hydrogen-bond acceptors (Lipinski definition) is 5. The second-order valence-corrected chi connectivity index (χ2v) is 8.09. The van der Waals surface area contributed by atoms with Gasteiger partial charge in [0.1, 0.15) is 23.7 Å². The van der Waals surface area contributed by atoms with Gasteiger partial charge in [-0.25, -0.2) is 14.4 Å². The van der Waals surface area contributed by atoms with Crippen LogP contribution in [-0.4, -0.2) is 53.1 Å². The van der Waals surface area contributed by atoms with E-state index < -0.39 is 6.10 Å². The van der Waals surface area contributed by atoms with E-state index in [0.29, 0.717) is 31.9 Å². The Hall–Kier alpha value is -3.48. The molecule has 0 spiro atoms. The Balaban J connectivity index is 1.36. The average molecular weight is 435 g/mol. The van der Waals surface area contributed by atoms with Crippen LogP contribution in [-0.2, 0) is 4.79 Å². The van der Waals surface area contributed by atoms with Gasteiger partial charge >= 0.3 is 0 Å². The first-order valence-corrected chi connectivity index (χ1v) is 10.8. The molecule has 0 saturated carbocycles. The number of rotatable bonds is 5. The fourth-order valence-corrected chi connectivity index (χ4v) is 3.75. The van der Waals surface area contributed by atoms with Crippen LogP contribution in [0.5, 0.6) is 5.75 Å². The van der Waals surface area contributed by atoms with Gasteiger partial charge in [-0.3, -0.25) is 4.79 Å². The summed E-state index contributed by atoms with van der Waals surface area (Å²) in [5.41, 5.74) is 3.91. The summed E-state index contributed by atoms with van der Waals surface area (Å²) in [5, 5.41) is 0. The summed E-state index contributed by atoms with van der Waals surface area (Å²) in [6.45, 7) is 8.40. The van der Waals surface area contributed by atoms with E-state index in [1.165, 1.54) is 24.0 Å². The molecule has 1 aliphatic heterocycles. The highest BCUT2D eigenvalue weighted by Gasteiger charge is 2.26. The zero-order valence-electron chi connectivity index (χ0n) is 18.6. The number of ether oxygens (including phenoxy) is 1. The standard InChI is InChI=1S/C25H27FN4O2/c1-17-4-9-22(14-18(17)2)32-19(3)25(31)30-12-10-29(11-13-30)24-15-23(27-16-28-24)20-5-7-21(26)8-6-20/h4-9,14-16,19H,10-13H2,1-3H3. The lowest BCUT2D eigenvalue weighted by molar-refractivity contribution is -0.138. The fourth-order valence-electron chi connectivity index (χ4n) is 3.75. The van der Waals surface area contributed by atoms with E-state index in [4.69, 9.17) is 4.74 Å². The number of halogens is 1. The first kappa shape index (κ1) is 21.7. The second-order valence-electron chi connectivity index (χ2n) is 8.09. The smallest absolute Gasteiger partial charge is 0.263 e. The number of benzene rings is 2. The Morgan fingerprint density at radius 1 is 0.969 bits per heavy atom. The number of piperazine rings is 1. The normalized spacial score (nSPS) is 14.9. The van der Waals surface area contributed by atoms with Crippen LogP contribution in [0.15, 0.2) is 54.9 Å². The van der Waals surface area contributed by atoms with Crippen LogP contribution in [0.4, 0.5) is 10.2 Å². The van der Waals surface area contributed by atoms with Crippen molar-refractivity contribution in [3.63, 3.8) is 0 Å². The third-order valence-corrected chi connectivity index (χ3v) is 5.85. The summed E-state index contributed by atoms with van der Waals surface area (Å²) in [4.78, 5) is 25.6. The molecule has 7 heteroatoms. The van der Waals surface area contributed by atoms with Gasteiger partial charge in [0.15, 0.2) is 6.10 Å². The SMILES string of the molecule is Cc1ccc(OC(C)C(=O)N2CCN(c3cc(-c4ccc(F)cc4)ncn3)CC2)cc1C. The summed E-state index contributed by atoms with van der Waals surface area (Å²) in [6.07, 6.45) is 0.971. The summed E-state index contributed by atoms with van der Waals surface area (Å²) in [7, 11) is 0. The number of carbonyl (C=O) groups excluding carboxylic acids is 1. The van der Waals surface area contributed by atoms with Crippen molar-refractivity contribution in [1.82, 2.24) is 14.9 Å². The molecule has 2 aromatic carbocycles. The maximum Gasteiger partial charge on any atom is 0.263 e. The Morgan fingerprint density at radius 3 is 2.38 bits per heavy atom. The highest BCUT2D eigenvalue weighted by Crippen LogP contribution is 2.23. The predicted octanol–water partition coefficient (Wildman–Crippen LogP) is 4.02. The number of aromatic nitrogens is 2. The highest BCUT2D eigenvalue weighted by atomic mass is 19.1. The van der Waals surface area contributed by atoms with E-state index in [1.54, 1.807) is 19.1 Å². The summed E-state index contributed by atoms with van der Waals surface area (Å²) in [5.74, 6) is 1.21. The van der Waals surface area contributed by atoms with Crippen molar-refractivity contribution >= 4 is 11.7 Å². The van der Waals surface area contributed by atoms with E-state index in [9.17, 15) is 9.18 Å². The predicted molar refractivity (Wildman–Crippen MR) is 122 cm³/mol. The van der Waals surface area contributed by atoms with Crippen LogP contribution >= 0.6 is 0 Å². The van der Waals surface area contributed by atoms with Gasteiger partial charge in [-0.2, -0.15) is 0 Å². The zero-order valence-corrected chi connectivity index (χ0v) is 18.6. The third-order valence-electron chi connectivity index (χ3n) is 5.85. The van der Waals surface area contributed by atoms with E-state index in [1.807, 2.05) is 43.0 Å². The van der Waals surface area contributed by atoms with Crippen molar-refractivity contribution < 1.29 is 13.9 Å². The molecule has 1 fully saturated rings. The van der Waals surface area contributed by atoms with Crippen LogP contribution in [0.2, 0.25) is 0 Å². The zero-order chi connectivity index (χ0) is 22.7. The lowest BCUT2D eigenvalue weighted by Crippen LogP contribution is -2.52. The first-order chi connectivity index (χ1) is 15.4. The highest BCUT2D eigenvalue weighted by molar-refractivity contribution is 5.81. The molecule has 1 atom stereocenters. The number of hydrogen-bond donors (Lipinski definition) is 0. The topological polar surface area (TPSA) is 58.6 Å². The molecule has 4 rings (SSSR count). The molecule has 6 nitrogen and oxygen atoms in total. The van der Waals surface area contributed by atoms with E-state index in [2.05, 4.69) is 14.9 Å². The average Bonchev–Trinajstić information content (AvgIpc) is 2.81. The number of anilines is 1. The van der Waals surface area contributed by atoms with Gasteiger partial charge in [-0.15, -0.1) is 0 Å². The van der Waals surface area contributed by atoms with Crippen molar-refractivity contribution in [2.75, 3.05) is 31.1 Å². The fraction of sp³-hybridized carbons (Fsp3) is 0.320. The molecule has 2 heterocycles. The van der Waals surface area contributed by atoms with Gasteiger partial charge in [-0.05, 0) is 68.3 Å².